The zero-order chi connectivity index (χ0) is 22.3. The van der Waals surface area contributed by atoms with Crippen LogP contribution in [0.25, 0.3) is 11.3 Å². The molecule has 0 atom stereocenters. The summed E-state index contributed by atoms with van der Waals surface area (Å²) >= 11 is 0. The van der Waals surface area contributed by atoms with E-state index < -0.39 is 49.8 Å². The Balaban J connectivity index is 1.97. The third kappa shape index (κ3) is 4.08. The second-order valence-electron chi connectivity index (χ2n) is 5.98. The largest absolute Gasteiger partial charge is 0.496 e. The molecule has 160 valence electrons. The first-order valence-electron chi connectivity index (χ1n) is 8.04. The molecular weight excluding hydrogens is 438 g/mol. The smallest absolute Gasteiger partial charge is 0.419 e. The maximum Gasteiger partial charge on any atom is 0.419 e. The van der Waals surface area contributed by atoms with E-state index in [0.29, 0.717) is 0 Å². The summed E-state index contributed by atoms with van der Waals surface area (Å²) in [5.41, 5.74) is -2.97. The molecule has 0 bridgehead atoms. The number of halogens is 6. The molecule has 30 heavy (non-hydrogen) atoms. The number of hydrogen-bond donors (Lipinski definition) is 2. The lowest BCUT2D eigenvalue weighted by Gasteiger charge is -2.12. The first-order chi connectivity index (χ1) is 13.9. The monoisotopic (exact) mass is 450 g/mol. The van der Waals surface area contributed by atoms with Crippen molar-refractivity contribution in [3.05, 3.63) is 65.6 Å². The number of sulfonamides is 1. The molecule has 12 heteroatoms. The Morgan fingerprint density at radius 2 is 1.70 bits per heavy atom. The lowest BCUT2D eigenvalue weighted by atomic mass is 10.1. The molecule has 0 spiro atoms. The van der Waals surface area contributed by atoms with Crippen LogP contribution in [0.15, 0.2) is 47.5 Å². The van der Waals surface area contributed by atoms with Crippen molar-refractivity contribution in [2.24, 2.45) is 0 Å². The normalized spacial score (nSPS) is 12.1. The third-order valence-corrected chi connectivity index (χ3v) is 5.38. The number of aromatic amines is 1. The molecule has 0 saturated carbocycles. The van der Waals surface area contributed by atoms with Crippen molar-refractivity contribution in [3.8, 4) is 17.0 Å². The molecular formula is C18H12F6N2O3S. The number of benzene rings is 2. The van der Waals surface area contributed by atoms with Gasteiger partial charge < -0.3 is 9.72 Å². The van der Waals surface area contributed by atoms with Crippen LogP contribution in [0.1, 0.15) is 5.56 Å². The first kappa shape index (κ1) is 21.6. The number of nitrogens with one attached hydrogen (secondary N) is 2. The Hall–Kier alpha value is -3.15. The van der Waals surface area contributed by atoms with Crippen LogP contribution in [0, 0.1) is 17.5 Å². The lowest BCUT2D eigenvalue weighted by Crippen LogP contribution is -2.15. The van der Waals surface area contributed by atoms with Crippen molar-refractivity contribution in [2.45, 2.75) is 11.1 Å². The van der Waals surface area contributed by atoms with Crippen LogP contribution < -0.4 is 9.46 Å². The molecule has 0 aliphatic heterocycles. The van der Waals surface area contributed by atoms with Gasteiger partial charge in [0.05, 0.1) is 29.6 Å². The van der Waals surface area contributed by atoms with E-state index >= 15 is 0 Å². The minimum absolute atomic E-state index is 0.00407. The fraction of sp³-hybridized carbons (Fsp3) is 0.111. The molecule has 0 aliphatic rings. The molecule has 5 nitrogen and oxygen atoms in total. The van der Waals surface area contributed by atoms with Crippen LogP contribution in [0.5, 0.6) is 5.75 Å². The summed E-state index contributed by atoms with van der Waals surface area (Å²) in [6.07, 6.45) is -4.21. The molecule has 1 heterocycles. The van der Waals surface area contributed by atoms with Crippen LogP contribution in [0.2, 0.25) is 0 Å². The highest BCUT2D eigenvalue weighted by Gasteiger charge is 2.35. The van der Waals surface area contributed by atoms with E-state index in [1.165, 1.54) is 19.2 Å². The van der Waals surface area contributed by atoms with Crippen LogP contribution in [0.3, 0.4) is 0 Å². The van der Waals surface area contributed by atoms with Crippen molar-refractivity contribution in [1.82, 2.24) is 4.98 Å². The van der Waals surface area contributed by atoms with Crippen LogP contribution in [-0.4, -0.2) is 20.5 Å². The summed E-state index contributed by atoms with van der Waals surface area (Å²) < 4.78 is 111. The van der Waals surface area contributed by atoms with E-state index in [1.807, 2.05) is 0 Å². The Morgan fingerprint density at radius 3 is 2.33 bits per heavy atom. The van der Waals surface area contributed by atoms with Gasteiger partial charge in [-0.25, -0.2) is 21.6 Å². The molecule has 3 aromatic rings. The number of alkyl halides is 3. The van der Waals surface area contributed by atoms with Gasteiger partial charge in [0.1, 0.15) is 28.1 Å². The van der Waals surface area contributed by atoms with Gasteiger partial charge in [-0.3, -0.25) is 4.72 Å². The van der Waals surface area contributed by atoms with Crippen LogP contribution in [0.4, 0.5) is 32.0 Å². The van der Waals surface area contributed by atoms with Gasteiger partial charge in [0.15, 0.2) is 0 Å². The zero-order valence-corrected chi connectivity index (χ0v) is 15.8. The fourth-order valence-corrected chi connectivity index (χ4v) is 3.71. The van der Waals surface area contributed by atoms with Gasteiger partial charge in [0.2, 0.25) is 0 Å². The average Bonchev–Trinajstić information content (AvgIpc) is 3.13. The Labute approximate surface area is 166 Å². The summed E-state index contributed by atoms with van der Waals surface area (Å²) in [6, 6.07) is 4.87. The topological polar surface area (TPSA) is 71.2 Å². The highest BCUT2D eigenvalue weighted by Crippen LogP contribution is 2.35. The minimum atomic E-state index is -5.16. The SMILES string of the molecule is COc1cccc(F)c1-c1cc(S(=O)(=O)Nc2cc(F)c(C(F)(F)F)cc2F)c[nH]1. The summed E-state index contributed by atoms with van der Waals surface area (Å²) in [5, 5.41) is 0. The van der Waals surface area contributed by atoms with Gasteiger partial charge in [0, 0.05) is 12.3 Å². The van der Waals surface area contributed by atoms with Gasteiger partial charge in [-0.15, -0.1) is 0 Å². The van der Waals surface area contributed by atoms with Crippen molar-refractivity contribution < 1.29 is 39.5 Å². The van der Waals surface area contributed by atoms with E-state index in [-0.39, 0.29) is 29.1 Å². The van der Waals surface area contributed by atoms with Crippen molar-refractivity contribution in [1.29, 1.82) is 0 Å². The average molecular weight is 450 g/mol. The van der Waals surface area contributed by atoms with E-state index in [0.717, 1.165) is 18.3 Å². The summed E-state index contributed by atoms with van der Waals surface area (Å²) in [4.78, 5) is 2.03. The molecule has 2 aromatic carbocycles. The standard InChI is InChI=1S/C18H12F6N2O3S/c1-29-16-4-2-3-11(19)17(16)15-5-9(8-25-15)30(27,28)26-14-7-12(20)10(6-13(14)21)18(22,23)24/h2-8,25-26H,1H3. The molecule has 0 aliphatic carbocycles. The van der Waals surface area contributed by atoms with E-state index in [1.54, 1.807) is 4.72 Å². The Kier molecular flexibility index (Phi) is 5.46. The highest BCUT2D eigenvalue weighted by molar-refractivity contribution is 7.92. The van der Waals surface area contributed by atoms with Crippen molar-refractivity contribution >= 4 is 15.7 Å². The summed E-state index contributed by atoms with van der Waals surface area (Å²) in [5.74, 6) is -4.10. The van der Waals surface area contributed by atoms with Gasteiger partial charge in [-0.1, -0.05) is 6.07 Å². The number of methoxy groups -OCH3 is 1. The second-order valence-corrected chi connectivity index (χ2v) is 7.66. The van der Waals surface area contributed by atoms with Gasteiger partial charge in [0.25, 0.3) is 10.0 Å². The molecule has 3 rings (SSSR count). The van der Waals surface area contributed by atoms with E-state index in [4.69, 9.17) is 4.74 Å². The van der Waals surface area contributed by atoms with Gasteiger partial charge in [-0.05, 0) is 24.3 Å². The van der Waals surface area contributed by atoms with Crippen molar-refractivity contribution in [3.63, 3.8) is 0 Å². The lowest BCUT2D eigenvalue weighted by molar-refractivity contribution is -0.140. The molecule has 0 unspecified atom stereocenters. The third-order valence-electron chi connectivity index (χ3n) is 4.04. The number of aromatic nitrogens is 1. The number of rotatable bonds is 5. The highest BCUT2D eigenvalue weighted by atomic mass is 32.2. The molecule has 0 amide bonds. The van der Waals surface area contributed by atoms with Crippen molar-refractivity contribution in [2.75, 3.05) is 11.8 Å². The molecule has 0 fully saturated rings. The van der Waals surface area contributed by atoms with Crippen LogP contribution in [-0.2, 0) is 16.2 Å². The Morgan fingerprint density at radius 1 is 1.00 bits per heavy atom. The van der Waals surface area contributed by atoms with E-state index in [9.17, 15) is 34.8 Å². The number of hydrogen-bond acceptors (Lipinski definition) is 3. The predicted octanol–water partition coefficient (Wildman–Crippen LogP) is 4.93. The summed E-state index contributed by atoms with van der Waals surface area (Å²) in [7, 11) is -3.27. The quantitative estimate of drug-likeness (QED) is 0.542. The predicted molar refractivity (Wildman–Crippen MR) is 94.9 cm³/mol. The number of ether oxygens (including phenoxy) is 1. The second kappa shape index (κ2) is 7.59. The molecule has 0 saturated heterocycles. The number of H-pyrrole nitrogens is 1. The van der Waals surface area contributed by atoms with Gasteiger partial charge >= 0.3 is 6.18 Å². The zero-order valence-electron chi connectivity index (χ0n) is 14.9. The molecule has 0 radical (unpaired) electrons. The Bertz CT molecular complexity index is 1210. The number of anilines is 1. The fourth-order valence-electron chi connectivity index (χ4n) is 2.66. The minimum Gasteiger partial charge on any atom is -0.496 e. The molecule has 2 N–H and O–H groups in total. The molecule has 1 aromatic heterocycles. The maximum absolute atomic E-state index is 14.2. The van der Waals surface area contributed by atoms with Crippen LogP contribution >= 0.6 is 0 Å². The summed E-state index contributed by atoms with van der Waals surface area (Å²) in [6.45, 7) is 0. The van der Waals surface area contributed by atoms with Gasteiger partial charge in [-0.2, -0.15) is 13.2 Å². The first-order valence-corrected chi connectivity index (χ1v) is 9.52. The maximum atomic E-state index is 14.2. The van der Waals surface area contributed by atoms with E-state index in [2.05, 4.69) is 4.98 Å².